The maximum atomic E-state index is 5.80. The number of ether oxygens (including phenoxy) is 1. The van der Waals surface area contributed by atoms with Crippen molar-refractivity contribution < 1.29 is 4.74 Å². The summed E-state index contributed by atoms with van der Waals surface area (Å²) >= 11 is 5.80. The van der Waals surface area contributed by atoms with E-state index >= 15 is 0 Å². The molecule has 0 radical (unpaired) electrons. The normalized spacial score (nSPS) is 10.2. The maximum absolute atomic E-state index is 5.80. The fourth-order valence-electron chi connectivity index (χ4n) is 1.37. The number of hydrogen-bond acceptors (Lipinski definition) is 3. The molecule has 1 heterocycles. The van der Waals surface area contributed by atoms with E-state index < -0.39 is 0 Å². The van der Waals surface area contributed by atoms with Crippen molar-refractivity contribution in [1.82, 2.24) is 4.98 Å². The number of rotatable bonds is 3. The Morgan fingerprint density at radius 3 is 2.53 bits per heavy atom. The van der Waals surface area contributed by atoms with E-state index in [2.05, 4.69) is 4.98 Å². The number of hydrogen-bond donors (Lipinski definition) is 1. The number of nitrogens with two attached hydrogens (primary N) is 1. The first-order valence-electron chi connectivity index (χ1n) is 5.25. The van der Waals surface area contributed by atoms with Crippen molar-refractivity contribution in [3.05, 3.63) is 52.7 Å². The van der Waals surface area contributed by atoms with E-state index in [4.69, 9.17) is 22.1 Å². The molecule has 17 heavy (non-hydrogen) atoms. The van der Waals surface area contributed by atoms with Crippen molar-refractivity contribution in [1.29, 1.82) is 0 Å². The van der Waals surface area contributed by atoms with Gasteiger partial charge in [-0.25, -0.2) is 4.98 Å². The summed E-state index contributed by atoms with van der Waals surface area (Å²) in [7, 11) is 0. The highest BCUT2D eigenvalue weighted by Gasteiger charge is 2.00. The predicted molar refractivity (Wildman–Crippen MR) is 69.2 cm³/mol. The molecule has 4 heteroatoms. The van der Waals surface area contributed by atoms with E-state index in [9.17, 15) is 0 Å². The van der Waals surface area contributed by atoms with E-state index in [0.29, 0.717) is 18.2 Å². The molecular weight excluding hydrogens is 236 g/mol. The number of nitrogens with zero attached hydrogens (tertiary/aromatic N) is 1. The highest BCUT2D eigenvalue weighted by Crippen LogP contribution is 2.16. The van der Waals surface area contributed by atoms with E-state index in [1.54, 1.807) is 12.1 Å². The second-order valence-corrected chi connectivity index (χ2v) is 4.18. The summed E-state index contributed by atoms with van der Waals surface area (Å²) in [6, 6.07) is 11.1. The Balaban J connectivity index is 2.02. The summed E-state index contributed by atoms with van der Waals surface area (Å²) in [6.07, 6.45) is 0. The second kappa shape index (κ2) is 5.06. The van der Waals surface area contributed by atoms with Crippen LogP contribution in [-0.4, -0.2) is 4.98 Å². The minimum Gasteiger partial charge on any atom is -0.473 e. The lowest BCUT2D eigenvalue weighted by molar-refractivity contribution is 0.293. The third-order valence-electron chi connectivity index (χ3n) is 2.40. The largest absolute Gasteiger partial charge is 0.473 e. The third-order valence-corrected chi connectivity index (χ3v) is 2.65. The molecular formula is C13H13ClN2O. The van der Waals surface area contributed by atoms with Gasteiger partial charge < -0.3 is 10.5 Å². The molecule has 0 aliphatic carbocycles. The molecule has 0 bridgehead atoms. The Kier molecular flexibility index (Phi) is 3.49. The Morgan fingerprint density at radius 2 is 1.88 bits per heavy atom. The standard InChI is InChI=1S/C13H13ClN2O/c1-9-12(15)6-7-13(16-9)17-8-10-2-4-11(14)5-3-10/h2-7H,8,15H2,1H3. The van der Waals surface area contributed by atoms with Gasteiger partial charge in [0, 0.05) is 11.1 Å². The summed E-state index contributed by atoms with van der Waals surface area (Å²) in [5.74, 6) is 0.576. The molecule has 0 aliphatic rings. The molecule has 0 spiro atoms. The van der Waals surface area contributed by atoms with Gasteiger partial charge in [0.1, 0.15) is 6.61 Å². The molecule has 0 amide bonds. The van der Waals surface area contributed by atoms with Gasteiger partial charge in [0.05, 0.1) is 11.4 Å². The van der Waals surface area contributed by atoms with Gasteiger partial charge in [0.15, 0.2) is 0 Å². The van der Waals surface area contributed by atoms with Crippen LogP contribution in [0.2, 0.25) is 5.02 Å². The van der Waals surface area contributed by atoms with E-state index in [-0.39, 0.29) is 0 Å². The van der Waals surface area contributed by atoms with Crippen LogP contribution in [0.15, 0.2) is 36.4 Å². The monoisotopic (exact) mass is 248 g/mol. The number of anilines is 1. The Morgan fingerprint density at radius 1 is 1.18 bits per heavy atom. The molecule has 3 nitrogen and oxygen atoms in total. The Hall–Kier alpha value is -1.74. The zero-order valence-electron chi connectivity index (χ0n) is 9.48. The number of aryl methyl sites for hydroxylation is 1. The van der Waals surface area contributed by atoms with E-state index in [1.165, 1.54) is 0 Å². The molecule has 0 fully saturated rings. The highest BCUT2D eigenvalue weighted by molar-refractivity contribution is 6.30. The van der Waals surface area contributed by atoms with Crippen LogP contribution in [0.1, 0.15) is 11.3 Å². The fourth-order valence-corrected chi connectivity index (χ4v) is 1.49. The number of nitrogen functional groups attached to an aromatic ring is 1. The average Bonchev–Trinajstić information content (AvgIpc) is 2.33. The van der Waals surface area contributed by atoms with Crippen molar-refractivity contribution in [3.63, 3.8) is 0 Å². The van der Waals surface area contributed by atoms with E-state index in [0.717, 1.165) is 16.3 Å². The first kappa shape index (κ1) is 11.7. The van der Waals surface area contributed by atoms with Crippen LogP contribution in [0.4, 0.5) is 5.69 Å². The average molecular weight is 249 g/mol. The van der Waals surface area contributed by atoms with Crippen molar-refractivity contribution in [2.45, 2.75) is 13.5 Å². The summed E-state index contributed by atoms with van der Waals surface area (Å²) < 4.78 is 5.56. The van der Waals surface area contributed by atoms with Gasteiger partial charge >= 0.3 is 0 Å². The molecule has 0 saturated carbocycles. The van der Waals surface area contributed by atoms with Gasteiger partial charge in [0.25, 0.3) is 0 Å². The quantitative estimate of drug-likeness (QED) is 0.907. The SMILES string of the molecule is Cc1nc(OCc2ccc(Cl)cc2)ccc1N. The lowest BCUT2D eigenvalue weighted by atomic mass is 10.2. The summed E-state index contributed by atoms with van der Waals surface area (Å²) in [5, 5.41) is 0.718. The lowest BCUT2D eigenvalue weighted by Gasteiger charge is -2.07. The Bertz CT molecular complexity index is 511. The molecule has 2 aromatic rings. The van der Waals surface area contributed by atoms with Gasteiger partial charge in [-0.15, -0.1) is 0 Å². The van der Waals surface area contributed by atoms with Gasteiger partial charge in [-0.2, -0.15) is 0 Å². The maximum Gasteiger partial charge on any atom is 0.213 e. The van der Waals surface area contributed by atoms with Gasteiger partial charge in [-0.3, -0.25) is 0 Å². The molecule has 2 rings (SSSR count). The van der Waals surface area contributed by atoms with Gasteiger partial charge in [-0.05, 0) is 30.7 Å². The molecule has 88 valence electrons. The molecule has 0 atom stereocenters. The summed E-state index contributed by atoms with van der Waals surface area (Å²) in [4.78, 5) is 4.23. The molecule has 0 saturated heterocycles. The highest BCUT2D eigenvalue weighted by atomic mass is 35.5. The van der Waals surface area contributed by atoms with Crippen molar-refractivity contribution in [2.24, 2.45) is 0 Å². The number of pyridine rings is 1. The molecule has 0 unspecified atom stereocenters. The van der Waals surface area contributed by atoms with Gasteiger partial charge in [-0.1, -0.05) is 23.7 Å². The van der Waals surface area contributed by atoms with Crippen molar-refractivity contribution >= 4 is 17.3 Å². The smallest absolute Gasteiger partial charge is 0.213 e. The lowest BCUT2D eigenvalue weighted by Crippen LogP contribution is -1.99. The zero-order valence-corrected chi connectivity index (χ0v) is 10.2. The van der Waals surface area contributed by atoms with Crippen molar-refractivity contribution in [2.75, 3.05) is 5.73 Å². The molecule has 1 aromatic carbocycles. The summed E-state index contributed by atoms with van der Waals surface area (Å²) in [5.41, 5.74) is 8.17. The van der Waals surface area contributed by atoms with Crippen LogP contribution in [0, 0.1) is 6.92 Å². The molecule has 0 aliphatic heterocycles. The van der Waals surface area contributed by atoms with Crippen LogP contribution < -0.4 is 10.5 Å². The minimum atomic E-state index is 0.466. The van der Waals surface area contributed by atoms with Crippen LogP contribution >= 0.6 is 11.6 Å². The third kappa shape index (κ3) is 3.11. The first-order valence-corrected chi connectivity index (χ1v) is 5.63. The minimum absolute atomic E-state index is 0.466. The van der Waals surface area contributed by atoms with Crippen LogP contribution in [0.5, 0.6) is 5.88 Å². The second-order valence-electron chi connectivity index (χ2n) is 3.74. The molecule has 2 N–H and O–H groups in total. The van der Waals surface area contributed by atoms with Crippen LogP contribution in [-0.2, 0) is 6.61 Å². The van der Waals surface area contributed by atoms with E-state index in [1.807, 2.05) is 31.2 Å². The summed E-state index contributed by atoms with van der Waals surface area (Å²) in [6.45, 7) is 2.32. The number of halogens is 1. The Labute approximate surface area is 105 Å². The van der Waals surface area contributed by atoms with Crippen LogP contribution in [0.3, 0.4) is 0 Å². The first-order chi connectivity index (χ1) is 8.15. The zero-order chi connectivity index (χ0) is 12.3. The predicted octanol–water partition coefficient (Wildman–Crippen LogP) is 3.20. The molecule has 1 aromatic heterocycles. The van der Waals surface area contributed by atoms with Gasteiger partial charge in [0.2, 0.25) is 5.88 Å². The number of benzene rings is 1. The number of aromatic nitrogens is 1. The van der Waals surface area contributed by atoms with Crippen molar-refractivity contribution in [3.8, 4) is 5.88 Å². The van der Waals surface area contributed by atoms with Crippen LogP contribution in [0.25, 0.3) is 0 Å². The topological polar surface area (TPSA) is 48.1 Å². The fraction of sp³-hybridized carbons (Fsp3) is 0.154.